The van der Waals surface area contributed by atoms with Crippen molar-refractivity contribution in [1.82, 2.24) is 14.8 Å². The minimum Gasteiger partial charge on any atom is -0.321 e. The SMILES string of the molecule is Cc1c(C(C)(F)F)nn(CC2CC2C(F)(F)F)c1C(=O)Nc1ccnc(S(C)(=O)=O)c1. The molecule has 0 spiro atoms. The summed E-state index contributed by atoms with van der Waals surface area (Å²) in [4.78, 5) is 16.5. The van der Waals surface area contributed by atoms with Gasteiger partial charge in [-0.15, -0.1) is 0 Å². The summed E-state index contributed by atoms with van der Waals surface area (Å²) in [6, 6.07) is 2.37. The van der Waals surface area contributed by atoms with E-state index in [2.05, 4.69) is 15.4 Å². The molecule has 2 unspecified atom stereocenters. The Hall–Kier alpha value is -2.57. The fourth-order valence-corrected chi connectivity index (χ4v) is 3.93. The number of rotatable bonds is 6. The number of nitrogens with one attached hydrogen (secondary N) is 1. The quantitative estimate of drug-likeness (QED) is 0.658. The first-order valence-corrected chi connectivity index (χ1v) is 11.0. The maximum absolute atomic E-state index is 13.9. The molecule has 1 N–H and O–H groups in total. The first kappa shape index (κ1) is 23.1. The molecule has 0 saturated heterocycles. The van der Waals surface area contributed by atoms with Crippen LogP contribution in [0.2, 0.25) is 0 Å². The number of anilines is 1. The van der Waals surface area contributed by atoms with Crippen LogP contribution in [0.1, 0.15) is 35.1 Å². The van der Waals surface area contributed by atoms with Crippen LogP contribution in [0.3, 0.4) is 0 Å². The van der Waals surface area contributed by atoms with Crippen molar-refractivity contribution >= 4 is 21.4 Å². The molecule has 2 aromatic rings. The highest BCUT2D eigenvalue weighted by atomic mass is 32.2. The van der Waals surface area contributed by atoms with Gasteiger partial charge in [0.05, 0.1) is 5.92 Å². The maximum atomic E-state index is 13.9. The minimum atomic E-state index is -4.41. The van der Waals surface area contributed by atoms with Gasteiger partial charge in [0, 0.05) is 37.2 Å². The monoisotopic (exact) mass is 466 g/mol. The van der Waals surface area contributed by atoms with Crippen molar-refractivity contribution in [3.8, 4) is 0 Å². The Morgan fingerprint density at radius 1 is 1.29 bits per heavy atom. The summed E-state index contributed by atoms with van der Waals surface area (Å²) in [5, 5.41) is 5.79. The third kappa shape index (κ3) is 5.02. The van der Waals surface area contributed by atoms with Gasteiger partial charge in [-0.2, -0.15) is 27.1 Å². The summed E-state index contributed by atoms with van der Waals surface area (Å²) in [5.41, 5.74) is -1.18. The highest BCUT2D eigenvalue weighted by Crippen LogP contribution is 2.51. The average molecular weight is 466 g/mol. The Labute approximate surface area is 174 Å². The van der Waals surface area contributed by atoms with Gasteiger partial charge in [0.15, 0.2) is 14.9 Å². The molecular formula is C18H19F5N4O3S. The normalized spacial score (nSPS) is 19.4. The van der Waals surface area contributed by atoms with Crippen molar-refractivity contribution in [1.29, 1.82) is 0 Å². The first-order valence-electron chi connectivity index (χ1n) is 9.09. The van der Waals surface area contributed by atoms with Crippen LogP contribution in [-0.4, -0.2) is 41.5 Å². The smallest absolute Gasteiger partial charge is 0.321 e. The molecule has 13 heteroatoms. The summed E-state index contributed by atoms with van der Waals surface area (Å²) in [5.74, 6) is -6.77. The third-order valence-corrected chi connectivity index (χ3v) is 5.93. The van der Waals surface area contributed by atoms with E-state index in [1.807, 2.05) is 0 Å². The molecule has 7 nitrogen and oxygen atoms in total. The van der Waals surface area contributed by atoms with Crippen molar-refractivity contribution in [3.63, 3.8) is 0 Å². The number of hydrogen-bond donors (Lipinski definition) is 1. The maximum Gasteiger partial charge on any atom is 0.392 e. The van der Waals surface area contributed by atoms with E-state index in [0.29, 0.717) is 6.92 Å². The lowest BCUT2D eigenvalue weighted by Crippen LogP contribution is -2.21. The number of carbonyl (C=O) groups is 1. The van der Waals surface area contributed by atoms with Gasteiger partial charge in [-0.05, 0) is 31.4 Å². The minimum absolute atomic E-state index is 0.0250. The van der Waals surface area contributed by atoms with E-state index in [4.69, 9.17) is 0 Å². The van der Waals surface area contributed by atoms with E-state index in [-0.39, 0.29) is 34.9 Å². The molecule has 1 saturated carbocycles. The lowest BCUT2D eigenvalue weighted by molar-refractivity contribution is -0.151. The summed E-state index contributed by atoms with van der Waals surface area (Å²) in [6.45, 7) is 1.45. The fraction of sp³-hybridized carbons (Fsp3) is 0.500. The third-order valence-electron chi connectivity index (χ3n) is 4.94. The van der Waals surface area contributed by atoms with Gasteiger partial charge in [-0.3, -0.25) is 9.48 Å². The van der Waals surface area contributed by atoms with Crippen LogP contribution in [0.15, 0.2) is 23.4 Å². The van der Waals surface area contributed by atoms with Crippen LogP contribution in [-0.2, 0) is 22.3 Å². The van der Waals surface area contributed by atoms with E-state index >= 15 is 0 Å². The highest BCUT2D eigenvalue weighted by molar-refractivity contribution is 7.90. The molecule has 1 amide bonds. The number of aromatic nitrogens is 3. The van der Waals surface area contributed by atoms with Gasteiger partial charge in [0.1, 0.15) is 11.4 Å². The zero-order chi connectivity index (χ0) is 23.4. The number of hydrogen-bond acceptors (Lipinski definition) is 5. The molecule has 2 atom stereocenters. The lowest BCUT2D eigenvalue weighted by Gasteiger charge is -2.11. The molecule has 2 heterocycles. The Kier molecular flexibility index (Phi) is 5.61. The van der Waals surface area contributed by atoms with Crippen LogP contribution in [0.5, 0.6) is 0 Å². The Bertz CT molecular complexity index is 1120. The second kappa shape index (κ2) is 7.53. The molecule has 31 heavy (non-hydrogen) atoms. The average Bonchev–Trinajstić information content (AvgIpc) is 3.29. The molecule has 0 aliphatic heterocycles. The highest BCUT2D eigenvalue weighted by Gasteiger charge is 2.56. The summed E-state index contributed by atoms with van der Waals surface area (Å²) >= 11 is 0. The fourth-order valence-electron chi connectivity index (χ4n) is 3.34. The number of halogens is 5. The lowest BCUT2D eigenvalue weighted by atomic mass is 10.1. The van der Waals surface area contributed by atoms with Crippen molar-refractivity contribution in [2.24, 2.45) is 11.8 Å². The molecule has 0 radical (unpaired) electrons. The van der Waals surface area contributed by atoms with Gasteiger partial charge < -0.3 is 5.32 Å². The molecule has 0 aromatic carbocycles. The Balaban J connectivity index is 1.94. The van der Waals surface area contributed by atoms with E-state index in [9.17, 15) is 35.2 Å². The van der Waals surface area contributed by atoms with E-state index in [1.165, 1.54) is 13.0 Å². The second-order valence-electron chi connectivity index (χ2n) is 7.65. The number of carbonyl (C=O) groups excluding carboxylic acids is 1. The van der Waals surface area contributed by atoms with Crippen molar-refractivity contribution in [2.75, 3.05) is 11.6 Å². The van der Waals surface area contributed by atoms with Crippen molar-refractivity contribution in [2.45, 2.75) is 43.9 Å². The topological polar surface area (TPSA) is 93.9 Å². The van der Waals surface area contributed by atoms with E-state index in [0.717, 1.165) is 23.2 Å². The van der Waals surface area contributed by atoms with Crippen molar-refractivity contribution in [3.05, 3.63) is 35.3 Å². The standard InChI is InChI=1S/C18H19F5N4O3S/c1-9-14(16(28)25-11-4-5-24-13(7-11)31(3,29)30)27(26-15(9)17(2,19)20)8-10-6-12(10)18(21,22)23/h4-5,7,10,12H,6,8H2,1-3H3,(H,24,25,28). The molecule has 1 aliphatic rings. The molecule has 0 bridgehead atoms. The van der Waals surface area contributed by atoms with Crippen molar-refractivity contribution < 1.29 is 35.2 Å². The summed E-state index contributed by atoms with van der Waals surface area (Å²) in [7, 11) is -3.67. The summed E-state index contributed by atoms with van der Waals surface area (Å²) in [6.07, 6.45) is -2.53. The molecule has 2 aromatic heterocycles. The predicted molar refractivity (Wildman–Crippen MR) is 99.5 cm³/mol. The number of amides is 1. The van der Waals surface area contributed by atoms with E-state index in [1.54, 1.807) is 0 Å². The van der Waals surface area contributed by atoms with Gasteiger partial charge in [0.2, 0.25) is 0 Å². The van der Waals surface area contributed by atoms with Crippen LogP contribution in [0.25, 0.3) is 0 Å². The van der Waals surface area contributed by atoms with Gasteiger partial charge in [0.25, 0.3) is 11.8 Å². The largest absolute Gasteiger partial charge is 0.392 e. The molecular weight excluding hydrogens is 447 g/mol. The first-order chi connectivity index (χ1) is 14.1. The van der Waals surface area contributed by atoms with Gasteiger partial charge >= 0.3 is 6.18 Å². The number of sulfone groups is 1. The molecule has 1 fully saturated rings. The summed E-state index contributed by atoms with van der Waals surface area (Å²) < 4.78 is 90.6. The van der Waals surface area contributed by atoms with Gasteiger partial charge in [-0.1, -0.05) is 0 Å². The van der Waals surface area contributed by atoms with Crippen LogP contribution in [0, 0.1) is 18.8 Å². The second-order valence-corrected chi connectivity index (χ2v) is 9.61. The number of pyridine rings is 1. The van der Waals surface area contributed by atoms with Crippen LogP contribution >= 0.6 is 0 Å². The number of alkyl halides is 5. The van der Waals surface area contributed by atoms with E-state index < -0.39 is 45.4 Å². The van der Waals surface area contributed by atoms with Crippen LogP contribution in [0.4, 0.5) is 27.6 Å². The van der Waals surface area contributed by atoms with Crippen LogP contribution < -0.4 is 5.32 Å². The zero-order valence-corrected chi connectivity index (χ0v) is 17.5. The predicted octanol–water partition coefficient (Wildman–Crippen LogP) is 3.55. The molecule has 1 aliphatic carbocycles. The zero-order valence-electron chi connectivity index (χ0n) is 16.7. The van der Waals surface area contributed by atoms with Gasteiger partial charge in [-0.25, -0.2) is 13.4 Å². The Morgan fingerprint density at radius 2 is 1.94 bits per heavy atom. The molecule has 170 valence electrons. The Morgan fingerprint density at radius 3 is 2.45 bits per heavy atom. The molecule has 3 rings (SSSR count). The number of nitrogens with zero attached hydrogens (tertiary/aromatic N) is 3.